The molecule has 0 N–H and O–H groups in total. The fraction of sp³-hybridized carbons (Fsp3) is 0.733. The highest BCUT2D eigenvalue weighted by Gasteiger charge is 2.24. The van der Waals surface area contributed by atoms with E-state index in [0.29, 0.717) is 36.4 Å². The second-order valence-corrected chi connectivity index (χ2v) is 7.62. The molecule has 0 saturated carbocycles. The van der Waals surface area contributed by atoms with E-state index in [-0.39, 0.29) is 12.2 Å². The van der Waals surface area contributed by atoms with Gasteiger partial charge in [-0.1, -0.05) is 12.2 Å². The van der Waals surface area contributed by atoms with Gasteiger partial charge < -0.3 is 23.3 Å². The molecule has 0 aromatic heterocycles. The Labute approximate surface area is 135 Å². The summed E-state index contributed by atoms with van der Waals surface area (Å²) in [7, 11) is 2.73. The van der Waals surface area contributed by atoms with Gasteiger partial charge in [0, 0.05) is 30.9 Å². The van der Waals surface area contributed by atoms with Gasteiger partial charge in [-0.05, 0) is 24.2 Å². The Morgan fingerprint density at radius 1 is 1.18 bits per heavy atom. The molecule has 1 aliphatic carbocycles. The summed E-state index contributed by atoms with van der Waals surface area (Å²) >= 11 is 0. The quantitative estimate of drug-likeness (QED) is 0.326. The first kappa shape index (κ1) is 17.0. The third kappa shape index (κ3) is 5.98. The lowest BCUT2D eigenvalue weighted by Crippen LogP contribution is -2.28. The summed E-state index contributed by atoms with van der Waals surface area (Å²) in [6.45, 7) is 2.46. The van der Waals surface area contributed by atoms with E-state index in [0.717, 1.165) is 37.5 Å². The lowest BCUT2D eigenvalue weighted by Gasteiger charge is -2.25. The van der Waals surface area contributed by atoms with Gasteiger partial charge >= 0.3 is 0 Å². The Balaban J connectivity index is 1.33. The van der Waals surface area contributed by atoms with Crippen molar-refractivity contribution >= 4 is 17.6 Å². The van der Waals surface area contributed by atoms with Crippen molar-refractivity contribution in [2.75, 3.05) is 39.3 Å². The molecule has 124 valence electrons. The second-order valence-electron chi connectivity index (χ2n) is 5.61. The summed E-state index contributed by atoms with van der Waals surface area (Å²) < 4.78 is 27.5. The van der Waals surface area contributed by atoms with Gasteiger partial charge in [0.05, 0.1) is 32.0 Å². The molecule has 22 heavy (non-hydrogen) atoms. The zero-order chi connectivity index (χ0) is 15.2. The average molecular weight is 346 g/mol. The van der Waals surface area contributed by atoms with Crippen LogP contribution in [0.3, 0.4) is 0 Å². The molecule has 0 bridgehead atoms. The Hall–Kier alpha value is 0.140. The Morgan fingerprint density at radius 3 is 2.73 bits per heavy atom. The maximum absolute atomic E-state index is 5.94. The largest absolute Gasteiger partial charge is 0.374 e. The number of hydrogen-bond donors (Lipinski definition) is 0. The summed E-state index contributed by atoms with van der Waals surface area (Å²) in [5.74, 6) is 0. The molecule has 5 nitrogen and oxygen atoms in total. The Bertz CT molecular complexity index is 407. The zero-order valence-corrected chi connectivity index (χ0v) is 14.8. The highest BCUT2D eigenvalue weighted by molar-refractivity contribution is 7.32. The molecular formula is C15H24O5P2. The molecule has 2 saturated heterocycles. The molecule has 6 atom stereocenters. The van der Waals surface area contributed by atoms with Gasteiger partial charge in [0.15, 0.2) is 0 Å². The smallest absolute Gasteiger partial charge is 0.110 e. The van der Waals surface area contributed by atoms with Crippen molar-refractivity contribution in [1.82, 2.24) is 0 Å². The Kier molecular flexibility index (Phi) is 6.82. The fourth-order valence-corrected chi connectivity index (χ4v) is 3.95. The highest BCUT2D eigenvalue weighted by Crippen LogP contribution is 2.28. The molecule has 3 rings (SSSR count). The van der Waals surface area contributed by atoms with E-state index in [1.807, 2.05) is 0 Å². The monoisotopic (exact) mass is 346 g/mol. The van der Waals surface area contributed by atoms with Gasteiger partial charge in [-0.25, -0.2) is 0 Å². The van der Waals surface area contributed by atoms with Crippen LogP contribution in [0.2, 0.25) is 0 Å². The minimum absolute atomic E-state index is 0.00881. The van der Waals surface area contributed by atoms with E-state index in [1.54, 1.807) is 7.11 Å². The molecule has 2 heterocycles. The van der Waals surface area contributed by atoms with E-state index < -0.39 is 0 Å². The normalized spacial score (nSPS) is 34.0. The average Bonchev–Trinajstić information content (AvgIpc) is 3.43. The van der Waals surface area contributed by atoms with E-state index in [1.165, 1.54) is 0 Å². The van der Waals surface area contributed by atoms with Crippen LogP contribution < -0.4 is 0 Å². The number of rotatable bonds is 11. The standard InChI is InChI=1S/C15H24O5P2/c1-16-15-6-11(7-19-22-10-13-9-18-13)2-3-14(15)20-21-5-4-12-8-17-12/h2-3,6,12-15,21-22H,4-5,7-10H2,1H3. The second kappa shape index (κ2) is 8.84. The SMILES string of the molecule is COC1C=C(COPCC2CO2)C=CC1OPCCC1CO1. The third-order valence-corrected chi connectivity index (χ3v) is 5.62. The first-order valence-corrected chi connectivity index (χ1v) is 9.96. The van der Waals surface area contributed by atoms with Crippen molar-refractivity contribution in [1.29, 1.82) is 0 Å². The minimum Gasteiger partial charge on any atom is -0.374 e. The highest BCUT2D eigenvalue weighted by atomic mass is 31.1. The maximum Gasteiger partial charge on any atom is 0.110 e. The summed E-state index contributed by atoms with van der Waals surface area (Å²) in [6, 6.07) is 0. The predicted octanol–water partition coefficient (Wildman–Crippen LogP) is 2.27. The number of ether oxygens (including phenoxy) is 3. The molecule has 2 fully saturated rings. The van der Waals surface area contributed by atoms with Gasteiger partial charge in [0.2, 0.25) is 0 Å². The van der Waals surface area contributed by atoms with Crippen LogP contribution in [0.5, 0.6) is 0 Å². The maximum atomic E-state index is 5.94. The number of methoxy groups -OCH3 is 1. The molecule has 3 aliphatic rings. The first-order valence-electron chi connectivity index (χ1n) is 7.73. The minimum atomic E-state index is -0.0247. The molecule has 0 aromatic carbocycles. The van der Waals surface area contributed by atoms with Crippen molar-refractivity contribution in [3.05, 3.63) is 23.8 Å². The van der Waals surface area contributed by atoms with Gasteiger partial charge in [0.1, 0.15) is 12.2 Å². The zero-order valence-electron chi connectivity index (χ0n) is 12.8. The summed E-state index contributed by atoms with van der Waals surface area (Å²) in [6.07, 6.45) is 10.4. The molecule has 2 aliphatic heterocycles. The van der Waals surface area contributed by atoms with Crippen LogP contribution in [0.25, 0.3) is 0 Å². The molecule has 0 aromatic rings. The van der Waals surface area contributed by atoms with E-state index in [4.69, 9.17) is 23.3 Å². The van der Waals surface area contributed by atoms with Crippen LogP contribution in [-0.2, 0) is 23.3 Å². The van der Waals surface area contributed by atoms with Gasteiger partial charge in [0.25, 0.3) is 0 Å². The van der Waals surface area contributed by atoms with Gasteiger partial charge in [-0.2, -0.15) is 0 Å². The van der Waals surface area contributed by atoms with Crippen LogP contribution in [0.15, 0.2) is 23.8 Å². The van der Waals surface area contributed by atoms with E-state index in [2.05, 4.69) is 18.2 Å². The summed E-state index contributed by atoms with van der Waals surface area (Å²) in [5.41, 5.74) is 1.16. The molecule has 6 unspecified atom stereocenters. The van der Waals surface area contributed by atoms with Crippen molar-refractivity contribution in [3.8, 4) is 0 Å². The van der Waals surface area contributed by atoms with Crippen LogP contribution in [0, 0.1) is 0 Å². The first-order chi connectivity index (χ1) is 10.8. The summed E-state index contributed by atoms with van der Waals surface area (Å²) in [4.78, 5) is 0. The van der Waals surface area contributed by atoms with Crippen LogP contribution in [-0.4, -0.2) is 63.7 Å². The van der Waals surface area contributed by atoms with Crippen LogP contribution in [0.1, 0.15) is 6.42 Å². The molecule has 0 spiro atoms. The number of hydrogen-bond acceptors (Lipinski definition) is 5. The molecule has 0 radical (unpaired) electrons. The third-order valence-electron chi connectivity index (χ3n) is 3.72. The van der Waals surface area contributed by atoms with Crippen LogP contribution >= 0.6 is 17.6 Å². The van der Waals surface area contributed by atoms with Crippen molar-refractivity contribution < 1.29 is 23.3 Å². The van der Waals surface area contributed by atoms with Crippen molar-refractivity contribution in [2.24, 2.45) is 0 Å². The Morgan fingerprint density at radius 2 is 2.00 bits per heavy atom. The van der Waals surface area contributed by atoms with Gasteiger partial charge in [-0.15, -0.1) is 0 Å². The lowest BCUT2D eigenvalue weighted by atomic mass is 10.0. The van der Waals surface area contributed by atoms with Crippen molar-refractivity contribution in [2.45, 2.75) is 30.8 Å². The molecule has 0 amide bonds. The van der Waals surface area contributed by atoms with E-state index in [9.17, 15) is 0 Å². The van der Waals surface area contributed by atoms with Crippen molar-refractivity contribution in [3.63, 3.8) is 0 Å². The van der Waals surface area contributed by atoms with Gasteiger partial charge in [-0.3, -0.25) is 0 Å². The predicted molar refractivity (Wildman–Crippen MR) is 89.3 cm³/mol. The lowest BCUT2D eigenvalue weighted by molar-refractivity contribution is 0.0612. The van der Waals surface area contributed by atoms with Crippen LogP contribution in [0.4, 0.5) is 0 Å². The molecule has 7 heteroatoms. The van der Waals surface area contributed by atoms with E-state index >= 15 is 0 Å². The summed E-state index contributed by atoms with van der Waals surface area (Å²) in [5, 5.41) is 0. The topological polar surface area (TPSA) is 52.8 Å². The molecular weight excluding hydrogens is 322 g/mol. The fourth-order valence-electron chi connectivity index (χ4n) is 2.18. The number of epoxide rings is 2.